The first-order chi connectivity index (χ1) is 9.72. The van der Waals surface area contributed by atoms with Crippen LogP contribution in [0.5, 0.6) is 0 Å². The number of hydrogen-bond donors (Lipinski definition) is 1. The molecule has 0 bridgehead atoms. The molecule has 1 aromatic rings. The van der Waals surface area contributed by atoms with E-state index >= 15 is 0 Å². The molecular formula is C15H26N4S. The number of rotatable bonds is 4. The average Bonchev–Trinajstić information content (AvgIpc) is 2.93. The van der Waals surface area contributed by atoms with Crippen molar-refractivity contribution in [2.24, 2.45) is 10.9 Å². The summed E-state index contributed by atoms with van der Waals surface area (Å²) in [5.41, 5.74) is 1.20. The van der Waals surface area contributed by atoms with E-state index in [1.165, 1.54) is 23.5 Å². The molecule has 1 aliphatic heterocycles. The molecular weight excluding hydrogens is 268 g/mol. The van der Waals surface area contributed by atoms with Crippen LogP contribution in [0.25, 0.3) is 0 Å². The fourth-order valence-corrected chi connectivity index (χ4v) is 3.26. The third-order valence-corrected chi connectivity index (χ3v) is 4.90. The lowest BCUT2D eigenvalue weighted by Gasteiger charge is -2.32. The molecule has 20 heavy (non-hydrogen) atoms. The van der Waals surface area contributed by atoms with Crippen molar-refractivity contribution in [1.82, 2.24) is 15.2 Å². The monoisotopic (exact) mass is 294 g/mol. The SMILES string of the molecule is CCc1nc(CCNC(=NC)N2CCC(C)CC2)cs1. The summed E-state index contributed by atoms with van der Waals surface area (Å²) in [6, 6.07) is 0. The predicted molar refractivity (Wildman–Crippen MR) is 86.5 cm³/mol. The van der Waals surface area contributed by atoms with Gasteiger partial charge < -0.3 is 10.2 Å². The van der Waals surface area contributed by atoms with Gasteiger partial charge in [0.1, 0.15) is 0 Å². The van der Waals surface area contributed by atoms with Gasteiger partial charge in [-0.15, -0.1) is 11.3 Å². The third kappa shape index (κ3) is 4.20. The molecule has 1 aromatic heterocycles. The van der Waals surface area contributed by atoms with Gasteiger partial charge in [-0.3, -0.25) is 4.99 Å². The van der Waals surface area contributed by atoms with Crippen LogP contribution < -0.4 is 5.32 Å². The summed E-state index contributed by atoms with van der Waals surface area (Å²) in [5, 5.41) is 6.87. The number of nitrogens with one attached hydrogen (secondary N) is 1. The van der Waals surface area contributed by atoms with Crippen LogP contribution in [-0.2, 0) is 12.8 Å². The van der Waals surface area contributed by atoms with Gasteiger partial charge in [-0.1, -0.05) is 13.8 Å². The molecule has 1 N–H and O–H groups in total. The van der Waals surface area contributed by atoms with E-state index < -0.39 is 0 Å². The number of aryl methyl sites for hydroxylation is 1. The number of guanidine groups is 1. The molecule has 1 saturated heterocycles. The molecule has 1 fully saturated rings. The standard InChI is InChI=1S/C15H26N4S/c1-4-14-18-13(11-20-14)5-8-17-15(16-3)19-9-6-12(2)7-10-19/h11-12H,4-10H2,1-3H3,(H,16,17). The van der Waals surface area contributed by atoms with Crippen molar-refractivity contribution in [1.29, 1.82) is 0 Å². The largest absolute Gasteiger partial charge is 0.356 e. The van der Waals surface area contributed by atoms with Crippen molar-refractivity contribution in [2.75, 3.05) is 26.7 Å². The van der Waals surface area contributed by atoms with Crippen LogP contribution in [0.3, 0.4) is 0 Å². The average molecular weight is 294 g/mol. The molecule has 112 valence electrons. The van der Waals surface area contributed by atoms with E-state index in [4.69, 9.17) is 0 Å². The molecule has 0 amide bonds. The van der Waals surface area contributed by atoms with E-state index in [2.05, 4.69) is 39.4 Å². The normalized spacial score (nSPS) is 17.6. The van der Waals surface area contributed by atoms with Crippen LogP contribution >= 0.6 is 11.3 Å². The number of nitrogens with zero attached hydrogens (tertiary/aromatic N) is 3. The highest BCUT2D eigenvalue weighted by molar-refractivity contribution is 7.09. The Kier molecular flexibility index (Phi) is 5.83. The van der Waals surface area contributed by atoms with Crippen molar-refractivity contribution in [2.45, 2.75) is 39.5 Å². The van der Waals surface area contributed by atoms with E-state index in [1.807, 2.05) is 7.05 Å². The van der Waals surface area contributed by atoms with Gasteiger partial charge in [-0.2, -0.15) is 0 Å². The maximum absolute atomic E-state index is 4.60. The quantitative estimate of drug-likeness (QED) is 0.685. The second-order valence-electron chi connectivity index (χ2n) is 5.48. The predicted octanol–water partition coefficient (Wildman–Crippen LogP) is 2.56. The maximum Gasteiger partial charge on any atom is 0.193 e. The zero-order valence-electron chi connectivity index (χ0n) is 12.9. The number of hydrogen-bond acceptors (Lipinski definition) is 3. The Balaban J connectivity index is 1.76. The molecule has 4 nitrogen and oxygen atoms in total. The Morgan fingerprint density at radius 1 is 1.50 bits per heavy atom. The van der Waals surface area contributed by atoms with Gasteiger partial charge in [0.25, 0.3) is 0 Å². The first kappa shape index (κ1) is 15.3. The Morgan fingerprint density at radius 3 is 2.85 bits per heavy atom. The number of aromatic nitrogens is 1. The summed E-state index contributed by atoms with van der Waals surface area (Å²) in [5.74, 6) is 1.90. The van der Waals surface area contributed by atoms with Crippen LogP contribution in [0.15, 0.2) is 10.4 Å². The Bertz CT molecular complexity index is 433. The maximum atomic E-state index is 4.60. The molecule has 0 saturated carbocycles. The van der Waals surface area contributed by atoms with Gasteiger partial charge in [0.15, 0.2) is 5.96 Å². The topological polar surface area (TPSA) is 40.5 Å². The smallest absolute Gasteiger partial charge is 0.193 e. The van der Waals surface area contributed by atoms with E-state index in [1.54, 1.807) is 11.3 Å². The van der Waals surface area contributed by atoms with E-state index in [9.17, 15) is 0 Å². The Labute approximate surface area is 126 Å². The molecule has 2 heterocycles. The number of piperidine rings is 1. The zero-order chi connectivity index (χ0) is 14.4. The highest BCUT2D eigenvalue weighted by Gasteiger charge is 2.18. The molecule has 0 unspecified atom stereocenters. The lowest BCUT2D eigenvalue weighted by molar-refractivity contribution is 0.273. The zero-order valence-corrected chi connectivity index (χ0v) is 13.7. The van der Waals surface area contributed by atoms with Crippen molar-refractivity contribution in [3.63, 3.8) is 0 Å². The third-order valence-electron chi connectivity index (χ3n) is 3.86. The molecule has 0 radical (unpaired) electrons. The van der Waals surface area contributed by atoms with Crippen LogP contribution in [0, 0.1) is 5.92 Å². The molecule has 0 spiro atoms. The van der Waals surface area contributed by atoms with Crippen LogP contribution in [0.2, 0.25) is 0 Å². The first-order valence-corrected chi connectivity index (χ1v) is 8.49. The van der Waals surface area contributed by atoms with Gasteiger partial charge in [0.05, 0.1) is 10.7 Å². The van der Waals surface area contributed by atoms with Crippen molar-refractivity contribution in [3.8, 4) is 0 Å². The minimum atomic E-state index is 0.854. The van der Waals surface area contributed by atoms with Crippen molar-refractivity contribution < 1.29 is 0 Å². The van der Waals surface area contributed by atoms with E-state index in [0.29, 0.717) is 0 Å². The van der Waals surface area contributed by atoms with Crippen LogP contribution in [-0.4, -0.2) is 42.5 Å². The van der Waals surface area contributed by atoms with E-state index in [-0.39, 0.29) is 0 Å². The van der Waals surface area contributed by atoms with Crippen LogP contribution in [0.4, 0.5) is 0 Å². The summed E-state index contributed by atoms with van der Waals surface area (Å²) < 4.78 is 0. The lowest BCUT2D eigenvalue weighted by Crippen LogP contribution is -2.45. The van der Waals surface area contributed by atoms with Crippen molar-refractivity contribution in [3.05, 3.63) is 16.1 Å². The van der Waals surface area contributed by atoms with Gasteiger partial charge in [0, 0.05) is 38.5 Å². The minimum Gasteiger partial charge on any atom is -0.356 e. The Morgan fingerprint density at radius 2 is 2.25 bits per heavy atom. The summed E-state index contributed by atoms with van der Waals surface area (Å²) in [4.78, 5) is 11.4. The molecule has 0 aromatic carbocycles. The summed E-state index contributed by atoms with van der Waals surface area (Å²) in [6.07, 6.45) is 4.55. The first-order valence-electron chi connectivity index (χ1n) is 7.61. The highest BCUT2D eigenvalue weighted by Crippen LogP contribution is 2.16. The molecule has 2 rings (SSSR count). The minimum absolute atomic E-state index is 0.854. The second-order valence-corrected chi connectivity index (χ2v) is 6.42. The van der Waals surface area contributed by atoms with E-state index in [0.717, 1.165) is 44.4 Å². The van der Waals surface area contributed by atoms with Gasteiger partial charge >= 0.3 is 0 Å². The summed E-state index contributed by atoms with van der Waals surface area (Å²) >= 11 is 1.76. The Hall–Kier alpha value is -1.10. The summed E-state index contributed by atoms with van der Waals surface area (Å²) in [6.45, 7) is 7.64. The fourth-order valence-electron chi connectivity index (χ4n) is 2.48. The molecule has 5 heteroatoms. The number of aliphatic imine (C=N–C) groups is 1. The van der Waals surface area contributed by atoms with Gasteiger partial charge in [0.2, 0.25) is 0 Å². The highest BCUT2D eigenvalue weighted by atomic mass is 32.1. The van der Waals surface area contributed by atoms with Gasteiger partial charge in [-0.05, 0) is 25.2 Å². The molecule has 0 aliphatic carbocycles. The van der Waals surface area contributed by atoms with Gasteiger partial charge in [-0.25, -0.2) is 4.98 Å². The lowest BCUT2D eigenvalue weighted by atomic mass is 10.00. The van der Waals surface area contributed by atoms with Crippen molar-refractivity contribution >= 4 is 17.3 Å². The number of likely N-dealkylation sites (tertiary alicyclic amines) is 1. The summed E-state index contributed by atoms with van der Waals surface area (Å²) in [7, 11) is 1.87. The molecule has 1 aliphatic rings. The van der Waals surface area contributed by atoms with Crippen LogP contribution in [0.1, 0.15) is 37.4 Å². The number of thiazole rings is 1. The molecule has 0 atom stereocenters. The second kappa shape index (κ2) is 7.62. The fraction of sp³-hybridized carbons (Fsp3) is 0.733.